The summed E-state index contributed by atoms with van der Waals surface area (Å²) in [7, 11) is 14.7. The molecule has 12 nitrogen and oxygen atoms in total. The summed E-state index contributed by atoms with van der Waals surface area (Å²) in [6, 6.07) is 0. The molecule has 0 aliphatic rings. The molecule has 0 spiro atoms. The molecule has 24 N–H and O–H groups in total. The summed E-state index contributed by atoms with van der Waals surface area (Å²) in [4.78, 5) is 0. The first-order chi connectivity index (χ1) is 1.73. The second-order valence-electron chi connectivity index (χ2n) is 0.152. The second-order valence-corrected chi connectivity index (χ2v) is 5.62. The Morgan fingerprint density at radius 1 is 0.312 bits per heavy atom. The molecule has 0 fully saturated rings. The zero-order valence-electron chi connectivity index (χ0n) is 7.49. The summed E-state index contributed by atoms with van der Waals surface area (Å²) in [6.45, 7) is 0. The van der Waals surface area contributed by atoms with Crippen molar-refractivity contribution in [1.82, 2.24) is 0 Å². The van der Waals surface area contributed by atoms with Crippen LogP contribution in [0.3, 0.4) is 0 Å². The molecule has 0 aromatic heterocycles. The molecule has 16 heteroatoms. The molecule has 0 aliphatic heterocycles. The van der Waals surface area contributed by atoms with Gasteiger partial charge in [-0.1, -0.05) is 0 Å². The molecule has 0 saturated carbocycles. The summed E-state index contributed by atoms with van der Waals surface area (Å²) in [5, 5.41) is 0. The minimum atomic E-state index is -1.33. The normalized spacial score (nSPS) is 2.81. The van der Waals surface area contributed by atoms with Crippen molar-refractivity contribution in [3.8, 4) is 0 Å². The monoisotopic (exact) mass is 377 g/mol. The molecule has 0 saturated heterocycles. The van der Waals surface area contributed by atoms with Gasteiger partial charge in [-0.2, -0.15) is 0 Å². The van der Waals surface area contributed by atoms with Crippen LogP contribution in [0.2, 0.25) is 0 Å². The second kappa shape index (κ2) is 231. The van der Waals surface area contributed by atoms with E-state index in [2.05, 4.69) is 0 Å². The van der Waals surface area contributed by atoms with Crippen LogP contribution >= 0.6 is 30.3 Å². The van der Waals surface area contributed by atoms with Crippen molar-refractivity contribution in [1.29, 1.82) is 0 Å². The molecule has 0 amide bonds. The summed E-state index contributed by atoms with van der Waals surface area (Å²) in [6.07, 6.45) is 0. The molecular formula is H24Cl3FeO12. The minimum absolute atomic E-state index is 0. The quantitative estimate of drug-likeness (QED) is 0.354. The van der Waals surface area contributed by atoms with E-state index in [-0.39, 0.29) is 65.7 Å². The third-order valence-electron chi connectivity index (χ3n) is 0. The van der Waals surface area contributed by atoms with Crippen molar-refractivity contribution in [3.63, 3.8) is 0 Å². The fraction of sp³-hybridized carbons (Fsp3) is 0. The van der Waals surface area contributed by atoms with E-state index in [0.717, 1.165) is 0 Å². The Morgan fingerprint density at radius 3 is 0.312 bits per heavy atom. The number of rotatable bonds is 0. The predicted octanol–water partition coefficient (Wildman–Crippen LogP) is -7.83. The fourth-order valence-electron chi connectivity index (χ4n) is 0. The van der Waals surface area contributed by atoms with E-state index in [4.69, 9.17) is 30.3 Å². The van der Waals surface area contributed by atoms with E-state index in [1.54, 1.807) is 0 Å². The van der Waals surface area contributed by atoms with Gasteiger partial charge in [-0.15, -0.1) is 0 Å². The SMILES string of the molecule is O.O.O.O.O.O.O.O.O.O.O.O.[Cl][Fe]([Cl])[Cl]. The molecule has 16 heavy (non-hydrogen) atoms. The number of halogens is 3. The summed E-state index contributed by atoms with van der Waals surface area (Å²) in [5.41, 5.74) is 0. The Kier molecular flexibility index (Phi) is 4050. The van der Waals surface area contributed by atoms with Crippen LogP contribution in [0.15, 0.2) is 0 Å². The van der Waals surface area contributed by atoms with Gasteiger partial charge in [0.25, 0.3) is 0 Å². The van der Waals surface area contributed by atoms with Crippen LogP contribution in [0, 0.1) is 0 Å². The molecule has 125 valence electrons. The third kappa shape index (κ3) is 3490. The van der Waals surface area contributed by atoms with Crippen molar-refractivity contribution >= 4 is 30.3 Å². The van der Waals surface area contributed by atoms with Crippen molar-refractivity contribution < 1.29 is 76.9 Å². The van der Waals surface area contributed by atoms with E-state index in [9.17, 15) is 0 Å². The standard InChI is InChI=1S/3ClH.Fe.12H2O/h3*1H;;12*1H2/q;;;+3;;;;;;;;;;;;/p-3. The average molecular weight is 378 g/mol. The Hall–Kier alpha value is 0.909. The van der Waals surface area contributed by atoms with Crippen molar-refractivity contribution in [2.24, 2.45) is 0 Å². The number of hydrogen-bond donors (Lipinski definition) is 0. The first-order valence-electron chi connectivity index (χ1n) is 0.401. The Labute approximate surface area is 107 Å². The average Bonchev–Trinajstić information content (AvgIpc) is 0.811. The number of hydrogen-bond acceptors (Lipinski definition) is 0. The molecule has 0 atom stereocenters. The van der Waals surface area contributed by atoms with Gasteiger partial charge in [0.1, 0.15) is 0 Å². The summed E-state index contributed by atoms with van der Waals surface area (Å²) in [5.74, 6) is 0. The van der Waals surface area contributed by atoms with Gasteiger partial charge in [-0.25, -0.2) is 0 Å². The first kappa shape index (κ1) is 280. The molecule has 0 radical (unpaired) electrons. The van der Waals surface area contributed by atoms with Gasteiger partial charge in [-0.05, 0) is 0 Å². The molecule has 0 aromatic carbocycles. The van der Waals surface area contributed by atoms with Crippen molar-refractivity contribution in [3.05, 3.63) is 0 Å². The van der Waals surface area contributed by atoms with E-state index in [1.807, 2.05) is 0 Å². The van der Waals surface area contributed by atoms with Crippen molar-refractivity contribution in [2.45, 2.75) is 0 Å². The van der Waals surface area contributed by atoms with Crippen LogP contribution in [0.5, 0.6) is 0 Å². The van der Waals surface area contributed by atoms with Crippen LogP contribution < -0.4 is 0 Å². The Bertz CT molecular complexity index is 21.0. The van der Waals surface area contributed by atoms with E-state index in [0.29, 0.717) is 0 Å². The first-order valence-corrected chi connectivity index (χ1v) is 4.96. The Morgan fingerprint density at radius 2 is 0.312 bits per heavy atom. The van der Waals surface area contributed by atoms with Gasteiger partial charge in [0.15, 0.2) is 0 Å². The van der Waals surface area contributed by atoms with Crippen LogP contribution in [0.4, 0.5) is 0 Å². The van der Waals surface area contributed by atoms with Gasteiger partial charge in [0.2, 0.25) is 0 Å². The molecular weight excluding hydrogens is 354 g/mol. The molecule has 0 rings (SSSR count). The van der Waals surface area contributed by atoms with Gasteiger partial charge in [-0.3, -0.25) is 0 Å². The molecule has 0 heterocycles. The van der Waals surface area contributed by atoms with Crippen molar-refractivity contribution in [2.75, 3.05) is 0 Å². The summed E-state index contributed by atoms with van der Waals surface area (Å²) < 4.78 is 0. The van der Waals surface area contributed by atoms with Gasteiger partial charge in [0, 0.05) is 0 Å². The van der Waals surface area contributed by atoms with Gasteiger partial charge >= 0.3 is 41.5 Å². The van der Waals surface area contributed by atoms with Crippen LogP contribution in [0.1, 0.15) is 0 Å². The van der Waals surface area contributed by atoms with E-state index in [1.165, 1.54) is 0 Å². The van der Waals surface area contributed by atoms with Gasteiger partial charge < -0.3 is 65.7 Å². The molecule has 0 bridgehead atoms. The third-order valence-corrected chi connectivity index (χ3v) is 0. The zero-order chi connectivity index (χ0) is 3.58. The summed E-state index contributed by atoms with van der Waals surface area (Å²) >= 11 is -1.33. The maximum atomic E-state index is 4.89. The predicted molar refractivity (Wildman–Crippen MR) is 60.9 cm³/mol. The topological polar surface area (TPSA) is 378 Å². The molecule has 0 aromatic rings. The fourth-order valence-corrected chi connectivity index (χ4v) is 0. The maximum absolute atomic E-state index is 4.89. The van der Waals surface area contributed by atoms with Crippen LogP contribution in [-0.4, -0.2) is 65.7 Å². The van der Waals surface area contributed by atoms with Gasteiger partial charge in [0.05, 0.1) is 0 Å². The zero-order valence-corrected chi connectivity index (χ0v) is 10.9. The van der Waals surface area contributed by atoms with Crippen LogP contribution in [-0.2, 0) is 11.2 Å². The molecule has 0 unspecified atom stereocenters. The van der Waals surface area contributed by atoms with E-state index < -0.39 is 11.2 Å². The Balaban J connectivity index is -0.000000000682. The van der Waals surface area contributed by atoms with E-state index >= 15 is 0 Å². The molecule has 0 aliphatic carbocycles. The van der Waals surface area contributed by atoms with Crippen LogP contribution in [0.25, 0.3) is 0 Å².